The van der Waals surface area contributed by atoms with Gasteiger partial charge in [0.15, 0.2) is 0 Å². The van der Waals surface area contributed by atoms with Crippen molar-refractivity contribution in [3.63, 3.8) is 0 Å². The van der Waals surface area contributed by atoms with Crippen molar-refractivity contribution in [2.45, 2.75) is 20.4 Å². The normalized spacial score (nSPS) is 10.0. The summed E-state index contributed by atoms with van der Waals surface area (Å²) in [4.78, 5) is 2.28. The molecule has 3 heteroatoms. The van der Waals surface area contributed by atoms with E-state index in [2.05, 4.69) is 49.1 Å². The SMILES string of the molecule is CCN(Cc1ccc(OC)c(C#N)c1)c1ccc(C)cc1. The van der Waals surface area contributed by atoms with E-state index in [1.165, 1.54) is 11.3 Å². The summed E-state index contributed by atoms with van der Waals surface area (Å²) >= 11 is 0. The van der Waals surface area contributed by atoms with Crippen molar-refractivity contribution in [3.05, 3.63) is 59.2 Å². The quantitative estimate of drug-likeness (QED) is 0.833. The van der Waals surface area contributed by atoms with Gasteiger partial charge in [0.2, 0.25) is 0 Å². The lowest BCUT2D eigenvalue weighted by molar-refractivity contribution is 0.413. The molecule has 21 heavy (non-hydrogen) atoms. The smallest absolute Gasteiger partial charge is 0.136 e. The van der Waals surface area contributed by atoms with E-state index in [4.69, 9.17) is 10.00 Å². The molecule has 0 aromatic heterocycles. The van der Waals surface area contributed by atoms with E-state index in [1.54, 1.807) is 7.11 Å². The molecule has 0 saturated heterocycles. The molecule has 0 N–H and O–H groups in total. The lowest BCUT2D eigenvalue weighted by Gasteiger charge is -2.23. The summed E-state index contributed by atoms with van der Waals surface area (Å²) in [6.45, 7) is 5.91. The first kappa shape index (κ1) is 14.9. The highest BCUT2D eigenvalue weighted by atomic mass is 16.5. The van der Waals surface area contributed by atoms with Crippen LogP contribution in [0.1, 0.15) is 23.6 Å². The molecule has 0 saturated carbocycles. The maximum atomic E-state index is 9.17. The van der Waals surface area contributed by atoms with Crippen LogP contribution in [0.15, 0.2) is 42.5 Å². The molecule has 2 aromatic rings. The number of nitrogens with zero attached hydrogens (tertiary/aromatic N) is 2. The number of hydrogen-bond acceptors (Lipinski definition) is 3. The van der Waals surface area contributed by atoms with Crippen molar-refractivity contribution in [1.29, 1.82) is 5.26 Å². The zero-order valence-corrected chi connectivity index (χ0v) is 12.8. The summed E-state index contributed by atoms with van der Waals surface area (Å²) in [5.74, 6) is 0.625. The number of nitriles is 1. The number of rotatable bonds is 5. The van der Waals surface area contributed by atoms with E-state index in [0.717, 1.165) is 18.7 Å². The van der Waals surface area contributed by atoms with Gasteiger partial charge < -0.3 is 9.64 Å². The van der Waals surface area contributed by atoms with Crippen LogP contribution in [0.25, 0.3) is 0 Å². The van der Waals surface area contributed by atoms with Crippen molar-refractivity contribution in [2.75, 3.05) is 18.6 Å². The van der Waals surface area contributed by atoms with E-state index in [-0.39, 0.29) is 0 Å². The largest absolute Gasteiger partial charge is 0.495 e. The van der Waals surface area contributed by atoms with E-state index < -0.39 is 0 Å². The molecule has 0 amide bonds. The third kappa shape index (κ3) is 3.55. The fourth-order valence-corrected chi connectivity index (χ4v) is 2.30. The number of ether oxygens (including phenoxy) is 1. The first-order chi connectivity index (χ1) is 10.2. The van der Waals surface area contributed by atoms with Crippen LogP contribution in [-0.4, -0.2) is 13.7 Å². The topological polar surface area (TPSA) is 36.3 Å². The monoisotopic (exact) mass is 280 g/mol. The van der Waals surface area contributed by atoms with Gasteiger partial charge in [-0.25, -0.2) is 0 Å². The van der Waals surface area contributed by atoms with Gasteiger partial charge in [0.05, 0.1) is 12.7 Å². The second kappa shape index (κ2) is 6.81. The van der Waals surface area contributed by atoms with Crippen LogP contribution in [0.2, 0.25) is 0 Å². The molecule has 108 valence electrons. The maximum Gasteiger partial charge on any atom is 0.136 e. The summed E-state index contributed by atoms with van der Waals surface area (Å²) in [6, 6.07) is 16.4. The second-order valence-electron chi connectivity index (χ2n) is 5.00. The molecule has 3 nitrogen and oxygen atoms in total. The van der Waals surface area contributed by atoms with Crippen molar-refractivity contribution >= 4 is 5.69 Å². The first-order valence-corrected chi connectivity index (χ1v) is 7.06. The minimum absolute atomic E-state index is 0.579. The van der Waals surface area contributed by atoms with Gasteiger partial charge in [-0.05, 0) is 43.7 Å². The van der Waals surface area contributed by atoms with E-state index in [1.807, 2.05) is 18.2 Å². The Hall–Kier alpha value is -2.47. The number of aryl methyl sites for hydroxylation is 1. The first-order valence-electron chi connectivity index (χ1n) is 7.06. The molecule has 0 radical (unpaired) electrons. The summed E-state index contributed by atoms with van der Waals surface area (Å²) < 4.78 is 5.18. The minimum atomic E-state index is 0.579. The summed E-state index contributed by atoms with van der Waals surface area (Å²) in [5, 5.41) is 9.17. The molecule has 0 unspecified atom stereocenters. The summed E-state index contributed by atoms with van der Waals surface area (Å²) in [6.07, 6.45) is 0. The fourth-order valence-electron chi connectivity index (χ4n) is 2.30. The van der Waals surface area contributed by atoms with Gasteiger partial charge in [-0.15, -0.1) is 0 Å². The molecular formula is C18H20N2O. The fraction of sp³-hybridized carbons (Fsp3) is 0.278. The Kier molecular flexibility index (Phi) is 4.84. The van der Waals surface area contributed by atoms with E-state index >= 15 is 0 Å². The van der Waals surface area contributed by atoms with E-state index in [9.17, 15) is 0 Å². The Labute approximate surface area is 126 Å². The Bertz CT molecular complexity index is 641. The minimum Gasteiger partial charge on any atom is -0.495 e. The third-order valence-electron chi connectivity index (χ3n) is 3.54. The standard InChI is InChI=1S/C18H20N2O/c1-4-20(17-8-5-14(2)6-9-17)13-15-7-10-18(21-3)16(11-15)12-19/h5-11H,4,13H2,1-3H3. The van der Waals surface area contributed by atoms with Gasteiger partial charge in [-0.1, -0.05) is 23.8 Å². The Morgan fingerprint density at radius 2 is 1.86 bits per heavy atom. The predicted molar refractivity (Wildman–Crippen MR) is 85.6 cm³/mol. The highest BCUT2D eigenvalue weighted by Crippen LogP contribution is 2.22. The van der Waals surface area contributed by atoms with Gasteiger partial charge in [0, 0.05) is 18.8 Å². The van der Waals surface area contributed by atoms with Crippen molar-refractivity contribution in [1.82, 2.24) is 0 Å². The Morgan fingerprint density at radius 3 is 2.43 bits per heavy atom. The maximum absolute atomic E-state index is 9.17. The number of anilines is 1. The van der Waals surface area contributed by atoms with Crippen LogP contribution in [-0.2, 0) is 6.54 Å². The van der Waals surface area contributed by atoms with Crippen LogP contribution < -0.4 is 9.64 Å². The second-order valence-corrected chi connectivity index (χ2v) is 5.00. The Balaban J connectivity index is 2.23. The zero-order chi connectivity index (χ0) is 15.2. The molecular weight excluding hydrogens is 260 g/mol. The molecule has 0 heterocycles. The Morgan fingerprint density at radius 1 is 1.14 bits per heavy atom. The van der Waals surface area contributed by atoms with Crippen LogP contribution in [0, 0.1) is 18.3 Å². The number of methoxy groups -OCH3 is 1. The van der Waals surface area contributed by atoms with Crippen molar-refractivity contribution < 1.29 is 4.74 Å². The van der Waals surface area contributed by atoms with Gasteiger partial charge in [0.25, 0.3) is 0 Å². The molecule has 0 aliphatic carbocycles. The highest BCUT2D eigenvalue weighted by Gasteiger charge is 2.08. The van der Waals surface area contributed by atoms with Crippen LogP contribution in [0.4, 0.5) is 5.69 Å². The third-order valence-corrected chi connectivity index (χ3v) is 3.54. The van der Waals surface area contributed by atoms with Crippen LogP contribution in [0.5, 0.6) is 5.75 Å². The zero-order valence-electron chi connectivity index (χ0n) is 12.8. The van der Waals surface area contributed by atoms with Crippen LogP contribution >= 0.6 is 0 Å². The molecule has 2 aromatic carbocycles. The average molecular weight is 280 g/mol. The predicted octanol–water partition coefficient (Wildman–Crippen LogP) is 3.90. The summed E-state index contributed by atoms with van der Waals surface area (Å²) in [5.41, 5.74) is 4.13. The van der Waals surface area contributed by atoms with Gasteiger partial charge >= 0.3 is 0 Å². The van der Waals surface area contributed by atoms with E-state index in [0.29, 0.717) is 11.3 Å². The highest BCUT2D eigenvalue weighted by molar-refractivity contribution is 5.50. The molecule has 2 rings (SSSR count). The number of benzene rings is 2. The lowest BCUT2D eigenvalue weighted by Crippen LogP contribution is -2.21. The molecule has 0 aliphatic heterocycles. The molecule has 0 atom stereocenters. The molecule has 0 bridgehead atoms. The molecule has 0 aliphatic rings. The van der Waals surface area contributed by atoms with Gasteiger partial charge in [-0.2, -0.15) is 5.26 Å². The lowest BCUT2D eigenvalue weighted by atomic mass is 10.1. The van der Waals surface area contributed by atoms with Crippen molar-refractivity contribution in [3.8, 4) is 11.8 Å². The van der Waals surface area contributed by atoms with Gasteiger partial charge in [-0.3, -0.25) is 0 Å². The summed E-state index contributed by atoms with van der Waals surface area (Å²) in [7, 11) is 1.58. The number of hydrogen-bond donors (Lipinski definition) is 0. The van der Waals surface area contributed by atoms with Crippen LogP contribution in [0.3, 0.4) is 0 Å². The molecule has 0 spiro atoms. The van der Waals surface area contributed by atoms with Gasteiger partial charge in [0.1, 0.15) is 11.8 Å². The molecule has 0 fully saturated rings. The average Bonchev–Trinajstić information content (AvgIpc) is 2.53. The van der Waals surface area contributed by atoms with Crippen molar-refractivity contribution in [2.24, 2.45) is 0 Å².